The van der Waals surface area contributed by atoms with E-state index in [4.69, 9.17) is 40.2 Å². The van der Waals surface area contributed by atoms with Gasteiger partial charge in [-0.1, -0.05) is 35.3 Å². The van der Waals surface area contributed by atoms with Crippen molar-refractivity contribution in [2.45, 2.75) is 0 Å². The fourth-order valence-corrected chi connectivity index (χ4v) is 2.30. The van der Waals surface area contributed by atoms with Crippen molar-refractivity contribution in [3.8, 4) is 5.75 Å². The average Bonchev–Trinajstić information content (AvgIpc) is 2.48. The van der Waals surface area contributed by atoms with Crippen LogP contribution in [0.4, 0.5) is 10.1 Å². The van der Waals surface area contributed by atoms with Gasteiger partial charge in [-0.25, -0.2) is 4.39 Å². The van der Waals surface area contributed by atoms with Crippen molar-refractivity contribution in [1.82, 2.24) is 5.32 Å². The Morgan fingerprint density at radius 1 is 1.22 bits per heavy atom. The van der Waals surface area contributed by atoms with Gasteiger partial charge >= 0.3 is 0 Å². The highest BCUT2D eigenvalue weighted by Gasteiger charge is 2.09. The van der Waals surface area contributed by atoms with Crippen LogP contribution in [0.3, 0.4) is 0 Å². The van der Waals surface area contributed by atoms with Crippen LogP contribution in [0.5, 0.6) is 5.75 Å². The number of ether oxygens (including phenoxy) is 1. The van der Waals surface area contributed by atoms with Gasteiger partial charge in [0.05, 0.1) is 10.7 Å². The van der Waals surface area contributed by atoms with E-state index in [2.05, 4.69) is 10.6 Å². The fourth-order valence-electron chi connectivity index (χ4n) is 1.61. The summed E-state index contributed by atoms with van der Waals surface area (Å²) in [6, 6.07) is 10.6. The molecule has 0 aliphatic heterocycles. The largest absolute Gasteiger partial charge is 0.482 e. The summed E-state index contributed by atoms with van der Waals surface area (Å²) in [5, 5.41) is 5.67. The minimum Gasteiger partial charge on any atom is -0.482 e. The minimum atomic E-state index is -0.509. The van der Waals surface area contributed by atoms with Gasteiger partial charge in [0.2, 0.25) is 0 Å². The Kier molecular flexibility index (Phi) is 6.15. The number of hydrogen-bond donors (Lipinski definition) is 2. The molecule has 0 saturated heterocycles. The van der Waals surface area contributed by atoms with Crippen LogP contribution in [0.25, 0.3) is 0 Å². The van der Waals surface area contributed by atoms with Crippen LogP contribution in [-0.4, -0.2) is 17.6 Å². The van der Waals surface area contributed by atoms with Gasteiger partial charge in [0.25, 0.3) is 5.91 Å². The topological polar surface area (TPSA) is 50.4 Å². The summed E-state index contributed by atoms with van der Waals surface area (Å²) in [6.07, 6.45) is 0. The van der Waals surface area contributed by atoms with Gasteiger partial charge in [-0.05, 0) is 42.5 Å². The molecule has 0 bridgehead atoms. The molecule has 2 aromatic rings. The maximum absolute atomic E-state index is 13.4. The van der Waals surface area contributed by atoms with Gasteiger partial charge < -0.3 is 10.1 Å². The summed E-state index contributed by atoms with van der Waals surface area (Å²) in [4.78, 5) is 11.8. The number of rotatable bonds is 4. The summed E-state index contributed by atoms with van der Waals surface area (Å²) in [5.41, 5.74) is 0.166. The van der Waals surface area contributed by atoms with Crippen molar-refractivity contribution in [3.05, 3.63) is 58.3 Å². The second-order valence-corrected chi connectivity index (χ2v) is 5.60. The molecule has 0 atom stereocenters. The molecule has 4 nitrogen and oxygen atoms in total. The normalized spacial score (nSPS) is 10.0. The van der Waals surface area contributed by atoms with Gasteiger partial charge in [-0.15, -0.1) is 0 Å². The van der Waals surface area contributed by atoms with Crippen LogP contribution in [0.1, 0.15) is 0 Å². The Morgan fingerprint density at radius 3 is 2.65 bits per heavy atom. The molecule has 0 unspecified atom stereocenters. The number of carbonyl (C=O) groups excluding carboxylic acids is 1. The summed E-state index contributed by atoms with van der Waals surface area (Å²) in [7, 11) is 0. The molecule has 2 rings (SSSR count). The van der Waals surface area contributed by atoms with Gasteiger partial charge in [-0.3, -0.25) is 10.1 Å². The van der Waals surface area contributed by atoms with E-state index in [1.807, 2.05) is 0 Å². The zero-order chi connectivity index (χ0) is 16.8. The first kappa shape index (κ1) is 17.5. The quantitative estimate of drug-likeness (QED) is 0.795. The lowest BCUT2D eigenvalue weighted by Crippen LogP contribution is -2.37. The third-order valence-corrected chi connectivity index (χ3v) is 3.36. The van der Waals surface area contributed by atoms with Crippen LogP contribution >= 0.6 is 35.4 Å². The Bertz CT molecular complexity index is 743. The highest BCUT2D eigenvalue weighted by atomic mass is 35.5. The number of nitrogens with one attached hydrogen (secondary N) is 2. The maximum Gasteiger partial charge on any atom is 0.264 e. The second kappa shape index (κ2) is 8.10. The van der Waals surface area contributed by atoms with E-state index in [0.717, 1.165) is 0 Å². The van der Waals surface area contributed by atoms with E-state index in [1.54, 1.807) is 24.3 Å². The van der Waals surface area contributed by atoms with Crippen molar-refractivity contribution in [2.24, 2.45) is 0 Å². The van der Waals surface area contributed by atoms with Crippen LogP contribution in [-0.2, 0) is 4.79 Å². The fraction of sp³-hybridized carbons (Fsp3) is 0.0667. The van der Waals surface area contributed by atoms with Gasteiger partial charge in [-0.2, -0.15) is 0 Å². The lowest BCUT2D eigenvalue weighted by molar-refractivity contribution is -0.121. The third-order valence-electron chi connectivity index (χ3n) is 2.63. The number of para-hydroxylation sites is 1. The third kappa shape index (κ3) is 5.35. The number of halogens is 3. The summed E-state index contributed by atoms with van der Waals surface area (Å²) >= 11 is 16.6. The van der Waals surface area contributed by atoms with Crippen molar-refractivity contribution in [2.75, 3.05) is 11.9 Å². The molecule has 1 amide bonds. The molecule has 0 aliphatic rings. The van der Waals surface area contributed by atoms with Crippen LogP contribution in [0.2, 0.25) is 10.0 Å². The Labute approximate surface area is 147 Å². The Morgan fingerprint density at radius 2 is 1.96 bits per heavy atom. The average molecular weight is 373 g/mol. The molecule has 0 aliphatic carbocycles. The van der Waals surface area contributed by atoms with Crippen molar-refractivity contribution in [1.29, 1.82) is 0 Å². The van der Waals surface area contributed by atoms with Crippen molar-refractivity contribution < 1.29 is 13.9 Å². The van der Waals surface area contributed by atoms with Gasteiger partial charge in [0, 0.05) is 5.02 Å². The highest BCUT2D eigenvalue weighted by molar-refractivity contribution is 7.80. The first-order valence-electron chi connectivity index (χ1n) is 6.39. The Hall–Kier alpha value is -1.89. The smallest absolute Gasteiger partial charge is 0.264 e. The number of benzene rings is 2. The zero-order valence-electron chi connectivity index (χ0n) is 11.6. The van der Waals surface area contributed by atoms with Crippen molar-refractivity contribution in [3.63, 3.8) is 0 Å². The lowest BCUT2D eigenvalue weighted by Gasteiger charge is -2.11. The van der Waals surface area contributed by atoms with Gasteiger partial charge in [0.15, 0.2) is 11.7 Å². The first-order chi connectivity index (χ1) is 11.0. The maximum atomic E-state index is 13.4. The first-order valence-corrected chi connectivity index (χ1v) is 7.55. The molecule has 0 fully saturated rings. The SMILES string of the molecule is O=C(COc1ccc(Cl)cc1Cl)NC(=S)Nc1ccccc1F. The van der Waals surface area contributed by atoms with Crippen LogP contribution < -0.4 is 15.4 Å². The molecule has 23 heavy (non-hydrogen) atoms. The number of amides is 1. The Balaban J connectivity index is 1.85. The number of thiocarbonyl (C=S) groups is 1. The van der Waals surface area contributed by atoms with Gasteiger partial charge in [0.1, 0.15) is 11.6 Å². The molecule has 8 heteroatoms. The van der Waals surface area contributed by atoms with E-state index in [-0.39, 0.29) is 22.4 Å². The summed E-state index contributed by atoms with van der Waals surface area (Å²) in [5.74, 6) is -0.669. The molecule has 120 valence electrons. The second-order valence-electron chi connectivity index (χ2n) is 4.35. The summed E-state index contributed by atoms with van der Waals surface area (Å²) < 4.78 is 18.7. The van der Waals surface area contributed by atoms with Crippen LogP contribution in [0.15, 0.2) is 42.5 Å². The predicted octanol–water partition coefficient (Wildman–Crippen LogP) is 4.02. The predicted molar refractivity (Wildman–Crippen MR) is 92.7 cm³/mol. The molecular formula is C15H11Cl2FN2O2S. The van der Waals surface area contributed by atoms with Crippen LogP contribution in [0, 0.1) is 5.82 Å². The van der Waals surface area contributed by atoms with E-state index >= 15 is 0 Å². The standard InChI is InChI=1S/C15H11Cl2FN2O2S/c16-9-5-6-13(10(17)7-9)22-8-14(21)20-15(23)19-12-4-2-1-3-11(12)18/h1-7H,8H2,(H2,19,20,21,23). The molecule has 2 N–H and O–H groups in total. The summed E-state index contributed by atoms with van der Waals surface area (Å²) in [6.45, 7) is -0.305. The lowest BCUT2D eigenvalue weighted by atomic mass is 10.3. The molecule has 2 aromatic carbocycles. The highest BCUT2D eigenvalue weighted by Crippen LogP contribution is 2.27. The zero-order valence-corrected chi connectivity index (χ0v) is 13.9. The molecule has 0 saturated carbocycles. The van der Waals surface area contributed by atoms with E-state index in [1.165, 1.54) is 18.2 Å². The minimum absolute atomic E-state index is 0.0362. The molecule has 0 spiro atoms. The van der Waals surface area contributed by atoms with E-state index in [9.17, 15) is 9.18 Å². The number of carbonyl (C=O) groups is 1. The molecule has 0 heterocycles. The molecule has 0 aromatic heterocycles. The van der Waals surface area contributed by atoms with E-state index in [0.29, 0.717) is 10.8 Å². The van der Waals surface area contributed by atoms with E-state index < -0.39 is 11.7 Å². The number of anilines is 1. The molecule has 0 radical (unpaired) electrons. The van der Waals surface area contributed by atoms with Crippen molar-refractivity contribution >= 4 is 52.1 Å². The monoisotopic (exact) mass is 372 g/mol. The number of hydrogen-bond acceptors (Lipinski definition) is 3. The molecular weight excluding hydrogens is 362 g/mol.